The van der Waals surface area contributed by atoms with E-state index >= 15 is 0 Å². The summed E-state index contributed by atoms with van der Waals surface area (Å²) in [5.41, 5.74) is 1.14. The molecule has 2 rings (SSSR count). The van der Waals surface area contributed by atoms with Gasteiger partial charge < -0.3 is 5.48 Å². The first-order chi connectivity index (χ1) is 8.96. The highest BCUT2D eigenvalue weighted by molar-refractivity contribution is 7.85. The summed E-state index contributed by atoms with van der Waals surface area (Å²) in [4.78, 5) is 0. The first kappa shape index (κ1) is 16.6. The molecule has 110 valence electrons. The Balaban J connectivity index is 0.00000200. The second kappa shape index (κ2) is 6.78. The third-order valence-corrected chi connectivity index (χ3v) is 3.96. The fraction of sp³-hybridized carbons (Fsp3) is 0.357. The zero-order valence-corrected chi connectivity index (χ0v) is 12.2. The summed E-state index contributed by atoms with van der Waals surface area (Å²) < 4.78 is 32.1. The summed E-state index contributed by atoms with van der Waals surface area (Å²) in [6.45, 7) is 2.79. The van der Waals surface area contributed by atoms with Crippen LogP contribution in [0.15, 0.2) is 36.5 Å². The van der Waals surface area contributed by atoms with E-state index in [-0.39, 0.29) is 11.2 Å². The number of hydrogen-bond acceptors (Lipinski definition) is 3. The Morgan fingerprint density at radius 1 is 1.15 bits per heavy atom. The van der Waals surface area contributed by atoms with Crippen LogP contribution in [-0.2, 0) is 16.7 Å². The monoisotopic (exact) mass is 297 g/mol. The van der Waals surface area contributed by atoms with Crippen LogP contribution in [0.4, 0.5) is 0 Å². The Kier molecular flexibility index (Phi) is 5.62. The molecular weight excluding hydrogens is 278 g/mol. The first-order valence-electron chi connectivity index (χ1n) is 6.30. The van der Waals surface area contributed by atoms with Gasteiger partial charge in [-0.1, -0.05) is 18.2 Å². The van der Waals surface area contributed by atoms with Crippen molar-refractivity contribution in [1.82, 2.24) is 0 Å². The Bertz CT molecular complexity index is 683. The molecule has 5 nitrogen and oxygen atoms in total. The largest absolute Gasteiger partial charge is 0.870 e. The summed E-state index contributed by atoms with van der Waals surface area (Å²) in [6.07, 6.45) is 3.28. The lowest BCUT2D eigenvalue weighted by Gasteiger charge is -2.03. The van der Waals surface area contributed by atoms with Crippen LogP contribution < -0.4 is 4.57 Å². The molecule has 0 spiro atoms. The van der Waals surface area contributed by atoms with Crippen LogP contribution in [0.25, 0.3) is 10.8 Å². The molecule has 2 aromatic rings. The number of nitrogens with zero attached hydrogens (tertiary/aromatic N) is 1. The smallest absolute Gasteiger partial charge is 0.264 e. The molecule has 0 fully saturated rings. The molecule has 20 heavy (non-hydrogen) atoms. The maximum absolute atomic E-state index is 10.6. The molecule has 1 aromatic carbocycles. The average molecular weight is 297 g/mol. The van der Waals surface area contributed by atoms with Gasteiger partial charge in [-0.15, -0.1) is 0 Å². The van der Waals surface area contributed by atoms with Gasteiger partial charge in [-0.05, 0) is 17.9 Å². The number of unbranched alkanes of at least 4 members (excludes halogenated alkanes) is 1. The molecule has 0 saturated heterocycles. The third-order valence-electron chi connectivity index (χ3n) is 3.16. The molecule has 1 heterocycles. The van der Waals surface area contributed by atoms with Crippen LogP contribution in [0.3, 0.4) is 0 Å². The van der Waals surface area contributed by atoms with Gasteiger partial charge in [0.2, 0.25) is 0 Å². The minimum atomic E-state index is -3.83. The van der Waals surface area contributed by atoms with Crippen molar-refractivity contribution in [3.05, 3.63) is 42.2 Å². The van der Waals surface area contributed by atoms with Crippen molar-refractivity contribution < 1.29 is 23.0 Å². The molecule has 6 heteroatoms. The molecule has 2 N–H and O–H groups in total. The van der Waals surface area contributed by atoms with Crippen LogP contribution >= 0.6 is 0 Å². The molecule has 0 amide bonds. The van der Waals surface area contributed by atoms with Crippen LogP contribution in [0.5, 0.6) is 0 Å². The first-order valence-corrected chi connectivity index (χ1v) is 7.91. The molecular formula is C14H19NO4S. The van der Waals surface area contributed by atoms with Crippen LogP contribution in [0.2, 0.25) is 0 Å². The van der Waals surface area contributed by atoms with Gasteiger partial charge >= 0.3 is 0 Å². The Hall–Kier alpha value is -1.50. The molecule has 0 aliphatic carbocycles. The lowest BCUT2D eigenvalue weighted by Crippen LogP contribution is -2.36. The molecule has 0 aliphatic heterocycles. The number of hydrogen-bond donors (Lipinski definition) is 1. The van der Waals surface area contributed by atoms with Crippen molar-refractivity contribution in [2.75, 3.05) is 5.75 Å². The minimum absolute atomic E-state index is 0. The van der Waals surface area contributed by atoms with E-state index in [2.05, 4.69) is 29.0 Å². The highest BCUT2D eigenvalue weighted by atomic mass is 32.2. The molecule has 0 radical (unpaired) electrons. The fourth-order valence-electron chi connectivity index (χ4n) is 2.15. The van der Waals surface area contributed by atoms with E-state index in [1.54, 1.807) is 0 Å². The number of aryl methyl sites for hydroxylation is 2. The van der Waals surface area contributed by atoms with Crippen molar-refractivity contribution in [1.29, 1.82) is 0 Å². The maximum atomic E-state index is 10.6. The Morgan fingerprint density at radius 3 is 2.45 bits per heavy atom. The second-order valence-electron chi connectivity index (χ2n) is 4.73. The Morgan fingerprint density at radius 2 is 1.80 bits per heavy atom. The summed E-state index contributed by atoms with van der Waals surface area (Å²) in [7, 11) is -3.83. The van der Waals surface area contributed by atoms with Crippen molar-refractivity contribution in [3.63, 3.8) is 0 Å². The normalized spacial score (nSPS) is 11.3. The van der Waals surface area contributed by atoms with Gasteiger partial charge in [-0.25, -0.2) is 4.57 Å². The molecule has 0 aliphatic rings. The quantitative estimate of drug-likeness (QED) is 0.519. The zero-order chi connectivity index (χ0) is 13.9. The SMILES string of the molecule is Cc1cc2ccccc2c[n+]1CCCCS(=O)(=O)O.[OH-]. The summed E-state index contributed by atoms with van der Waals surface area (Å²) >= 11 is 0. The van der Waals surface area contributed by atoms with Crippen LogP contribution in [0, 0.1) is 6.92 Å². The molecule has 0 atom stereocenters. The van der Waals surface area contributed by atoms with Gasteiger partial charge in [0.05, 0.1) is 5.75 Å². The van der Waals surface area contributed by atoms with Gasteiger partial charge in [0, 0.05) is 24.8 Å². The molecule has 0 saturated carbocycles. The molecule has 0 bridgehead atoms. The summed E-state index contributed by atoms with van der Waals surface area (Å²) in [6, 6.07) is 10.3. The highest BCUT2D eigenvalue weighted by Crippen LogP contribution is 2.12. The van der Waals surface area contributed by atoms with Crippen LogP contribution in [-0.4, -0.2) is 24.2 Å². The van der Waals surface area contributed by atoms with E-state index in [9.17, 15) is 8.42 Å². The van der Waals surface area contributed by atoms with Gasteiger partial charge in [-0.3, -0.25) is 4.55 Å². The molecule has 1 aromatic heterocycles. The lowest BCUT2D eigenvalue weighted by atomic mass is 10.1. The summed E-state index contributed by atoms with van der Waals surface area (Å²) in [5, 5.41) is 2.37. The fourth-order valence-corrected chi connectivity index (χ4v) is 2.71. The number of fused-ring (bicyclic) bond motifs is 1. The van der Waals surface area contributed by atoms with Crippen molar-refractivity contribution >= 4 is 20.9 Å². The van der Waals surface area contributed by atoms with E-state index in [0.29, 0.717) is 6.42 Å². The van der Waals surface area contributed by atoms with E-state index in [4.69, 9.17) is 4.55 Å². The minimum Gasteiger partial charge on any atom is -0.870 e. The number of benzene rings is 1. The van der Waals surface area contributed by atoms with Crippen LogP contribution in [0.1, 0.15) is 18.5 Å². The van der Waals surface area contributed by atoms with E-state index < -0.39 is 10.1 Å². The number of pyridine rings is 1. The Labute approximate surface area is 118 Å². The number of aromatic nitrogens is 1. The van der Waals surface area contributed by atoms with Crippen molar-refractivity contribution in [3.8, 4) is 0 Å². The zero-order valence-electron chi connectivity index (χ0n) is 11.4. The topological polar surface area (TPSA) is 88.2 Å². The lowest BCUT2D eigenvalue weighted by molar-refractivity contribution is -0.701. The third kappa shape index (κ3) is 4.56. The van der Waals surface area contributed by atoms with E-state index in [1.807, 2.05) is 19.1 Å². The van der Waals surface area contributed by atoms with Crippen molar-refractivity contribution in [2.24, 2.45) is 0 Å². The second-order valence-corrected chi connectivity index (χ2v) is 6.30. The highest BCUT2D eigenvalue weighted by Gasteiger charge is 2.10. The van der Waals surface area contributed by atoms with E-state index in [1.165, 1.54) is 10.8 Å². The summed E-state index contributed by atoms with van der Waals surface area (Å²) in [5.74, 6) is -0.166. The van der Waals surface area contributed by atoms with Crippen molar-refractivity contribution in [2.45, 2.75) is 26.3 Å². The van der Waals surface area contributed by atoms with Gasteiger partial charge in [0.25, 0.3) is 10.1 Å². The predicted octanol–water partition coefficient (Wildman–Crippen LogP) is 1.93. The van der Waals surface area contributed by atoms with E-state index in [0.717, 1.165) is 18.7 Å². The predicted molar refractivity (Wildman–Crippen MR) is 76.5 cm³/mol. The average Bonchev–Trinajstić information content (AvgIpc) is 2.33. The van der Waals surface area contributed by atoms with Gasteiger partial charge in [-0.2, -0.15) is 8.42 Å². The van der Waals surface area contributed by atoms with Gasteiger partial charge in [0.15, 0.2) is 11.9 Å². The standard InChI is InChI=1S/C14H17NO3S.H2O/c1-12-10-13-6-2-3-7-14(13)11-15(12)8-4-5-9-19(16,17)18;/h2-3,6-7,10-11H,4-5,8-9H2,1H3;1H2. The van der Waals surface area contributed by atoms with Gasteiger partial charge in [0.1, 0.15) is 6.54 Å². The maximum Gasteiger partial charge on any atom is 0.264 e. The number of rotatable bonds is 5. The molecule has 0 unspecified atom stereocenters.